The highest BCUT2D eigenvalue weighted by Gasteiger charge is 2.19. The third-order valence-corrected chi connectivity index (χ3v) is 3.90. The molecule has 0 aromatic heterocycles. The van der Waals surface area contributed by atoms with E-state index in [9.17, 15) is 4.79 Å². The quantitative estimate of drug-likeness (QED) is 0.708. The van der Waals surface area contributed by atoms with Gasteiger partial charge in [0.2, 0.25) is 5.91 Å². The van der Waals surface area contributed by atoms with Crippen molar-refractivity contribution in [1.82, 2.24) is 10.6 Å². The van der Waals surface area contributed by atoms with Crippen LogP contribution in [0.25, 0.3) is 0 Å². The molecule has 2 N–H and O–H groups in total. The Labute approximate surface area is 110 Å². The second kappa shape index (κ2) is 7.74. The fourth-order valence-electron chi connectivity index (χ4n) is 2.79. The van der Waals surface area contributed by atoms with E-state index in [1.807, 2.05) is 0 Å². The Morgan fingerprint density at radius 1 is 1.17 bits per heavy atom. The Bertz CT molecular complexity index is 246. The van der Waals surface area contributed by atoms with Crippen molar-refractivity contribution in [2.45, 2.75) is 63.5 Å². The first kappa shape index (κ1) is 13.8. The van der Waals surface area contributed by atoms with Gasteiger partial charge < -0.3 is 15.4 Å². The highest BCUT2D eigenvalue weighted by molar-refractivity contribution is 5.81. The highest BCUT2D eigenvalue weighted by Crippen LogP contribution is 2.20. The van der Waals surface area contributed by atoms with E-state index in [0.717, 1.165) is 39.0 Å². The second-order valence-electron chi connectivity index (χ2n) is 5.42. The summed E-state index contributed by atoms with van der Waals surface area (Å²) in [6.07, 6.45) is 9.81. The number of carbonyl (C=O) groups excluding carboxylic acids is 1. The van der Waals surface area contributed by atoms with E-state index in [1.165, 1.54) is 32.1 Å². The van der Waals surface area contributed by atoms with E-state index in [2.05, 4.69) is 10.6 Å². The monoisotopic (exact) mass is 254 g/mol. The average Bonchev–Trinajstić information content (AvgIpc) is 2.92. The summed E-state index contributed by atoms with van der Waals surface area (Å²) >= 11 is 0. The number of ether oxygens (including phenoxy) is 1. The summed E-state index contributed by atoms with van der Waals surface area (Å²) in [6.45, 7) is 2.50. The fourth-order valence-corrected chi connectivity index (χ4v) is 2.79. The molecule has 104 valence electrons. The molecule has 1 heterocycles. The molecule has 2 aliphatic rings. The molecule has 1 saturated carbocycles. The first-order valence-corrected chi connectivity index (χ1v) is 7.49. The van der Waals surface area contributed by atoms with Crippen LogP contribution in [0.5, 0.6) is 0 Å². The topological polar surface area (TPSA) is 50.4 Å². The molecule has 1 atom stereocenters. The van der Waals surface area contributed by atoms with Gasteiger partial charge in [-0.1, -0.05) is 19.3 Å². The minimum Gasteiger partial charge on any atom is -0.378 e. The predicted molar refractivity (Wildman–Crippen MR) is 71.5 cm³/mol. The SMILES string of the molecule is O=C(NCCCOC1CCCC1)C1CCCCN1. The number of piperidine rings is 1. The molecule has 18 heavy (non-hydrogen) atoms. The Hall–Kier alpha value is -0.610. The molecule has 0 aromatic rings. The van der Waals surface area contributed by atoms with Crippen molar-refractivity contribution in [3.8, 4) is 0 Å². The van der Waals surface area contributed by atoms with Crippen molar-refractivity contribution in [3.05, 3.63) is 0 Å². The lowest BCUT2D eigenvalue weighted by atomic mass is 10.0. The Morgan fingerprint density at radius 2 is 1.94 bits per heavy atom. The van der Waals surface area contributed by atoms with Crippen LogP contribution in [-0.2, 0) is 9.53 Å². The van der Waals surface area contributed by atoms with Crippen molar-refractivity contribution in [2.24, 2.45) is 0 Å². The van der Waals surface area contributed by atoms with Gasteiger partial charge in [-0.3, -0.25) is 4.79 Å². The van der Waals surface area contributed by atoms with E-state index in [0.29, 0.717) is 6.10 Å². The maximum atomic E-state index is 11.8. The molecule has 0 aromatic carbocycles. The number of nitrogens with one attached hydrogen (secondary N) is 2. The third-order valence-electron chi connectivity index (χ3n) is 3.90. The smallest absolute Gasteiger partial charge is 0.237 e. The van der Waals surface area contributed by atoms with E-state index in [-0.39, 0.29) is 11.9 Å². The summed E-state index contributed by atoms with van der Waals surface area (Å²) in [5.74, 6) is 0.163. The first-order chi connectivity index (χ1) is 8.86. The number of hydrogen-bond donors (Lipinski definition) is 2. The normalized spacial score (nSPS) is 25.2. The highest BCUT2D eigenvalue weighted by atomic mass is 16.5. The number of carbonyl (C=O) groups is 1. The maximum Gasteiger partial charge on any atom is 0.237 e. The van der Waals surface area contributed by atoms with E-state index < -0.39 is 0 Å². The molecule has 1 saturated heterocycles. The molecule has 2 rings (SSSR count). The first-order valence-electron chi connectivity index (χ1n) is 7.49. The van der Waals surface area contributed by atoms with E-state index >= 15 is 0 Å². The van der Waals surface area contributed by atoms with Crippen molar-refractivity contribution >= 4 is 5.91 Å². The molecule has 1 aliphatic carbocycles. The molecule has 0 spiro atoms. The van der Waals surface area contributed by atoms with Crippen molar-refractivity contribution in [1.29, 1.82) is 0 Å². The predicted octanol–water partition coefficient (Wildman–Crippen LogP) is 1.59. The summed E-state index contributed by atoms with van der Waals surface area (Å²) < 4.78 is 5.76. The number of rotatable bonds is 6. The number of hydrogen-bond acceptors (Lipinski definition) is 3. The molecular formula is C14H26N2O2. The van der Waals surface area contributed by atoms with Gasteiger partial charge in [0.15, 0.2) is 0 Å². The van der Waals surface area contributed by atoms with Crippen LogP contribution < -0.4 is 10.6 Å². The molecule has 1 unspecified atom stereocenters. The van der Waals surface area contributed by atoms with Crippen molar-refractivity contribution < 1.29 is 9.53 Å². The van der Waals surface area contributed by atoms with Gasteiger partial charge in [-0.25, -0.2) is 0 Å². The van der Waals surface area contributed by atoms with Crippen LogP contribution in [0.2, 0.25) is 0 Å². The summed E-state index contributed by atoms with van der Waals surface area (Å²) in [4.78, 5) is 11.8. The van der Waals surface area contributed by atoms with Crippen LogP contribution in [0.4, 0.5) is 0 Å². The third kappa shape index (κ3) is 4.58. The maximum absolute atomic E-state index is 11.8. The molecule has 0 bridgehead atoms. The average molecular weight is 254 g/mol. The van der Waals surface area contributed by atoms with Gasteiger partial charge in [0.1, 0.15) is 0 Å². The molecule has 1 aliphatic heterocycles. The molecule has 0 radical (unpaired) electrons. The van der Waals surface area contributed by atoms with Crippen LogP contribution in [0.1, 0.15) is 51.4 Å². The molecular weight excluding hydrogens is 228 g/mol. The zero-order chi connectivity index (χ0) is 12.6. The van der Waals surface area contributed by atoms with E-state index in [4.69, 9.17) is 4.74 Å². The summed E-state index contributed by atoms with van der Waals surface area (Å²) in [7, 11) is 0. The summed E-state index contributed by atoms with van der Waals surface area (Å²) in [6, 6.07) is 0.0366. The van der Waals surface area contributed by atoms with Crippen LogP contribution in [-0.4, -0.2) is 37.7 Å². The Kier molecular flexibility index (Phi) is 5.94. The van der Waals surface area contributed by atoms with E-state index in [1.54, 1.807) is 0 Å². The molecule has 2 fully saturated rings. The van der Waals surface area contributed by atoms with Crippen LogP contribution in [0, 0.1) is 0 Å². The Morgan fingerprint density at radius 3 is 2.67 bits per heavy atom. The standard InChI is InChI=1S/C14H26N2O2/c17-14(13-8-3-4-9-15-13)16-10-5-11-18-12-6-1-2-7-12/h12-13,15H,1-11H2,(H,16,17). The lowest BCUT2D eigenvalue weighted by Crippen LogP contribution is -2.46. The summed E-state index contributed by atoms with van der Waals surface area (Å²) in [5, 5.41) is 6.26. The van der Waals surface area contributed by atoms with Gasteiger partial charge in [0.25, 0.3) is 0 Å². The van der Waals surface area contributed by atoms with Gasteiger partial charge in [-0.15, -0.1) is 0 Å². The number of amides is 1. The lowest BCUT2D eigenvalue weighted by Gasteiger charge is -2.22. The Balaban J connectivity index is 1.48. The summed E-state index contributed by atoms with van der Waals surface area (Å²) in [5.41, 5.74) is 0. The minimum atomic E-state index is 0.0366. The van der Waals surface area contributed by atoms with Crippen LogP contribution >= 0.6 is 0 Å². The minimum absolute atomic E-state index is 0.0366. The second-order valence-corrected chi connectivity index (χ2v) is 5.42. The van der Waals surface area contributed by atoms with Crippen LogP contribution in [0.3, 0.4) is 0 Å². The van der Waals surface area contributed by atoms with Gasteiger partial charge in [-0.2, -0.15) is 0 Å². The largest absolute Gasteiger partial charge is 0.378 e. The molecule has 1 amide bonds. The van der Waals surface area contributed by atoms with Crippen LogP contribution in [0.15, 0.2) is 0 Å². The zero-order valence-corrected chi connectivity index (χ0v) is 11.2. The zero-order valence-electron chi connectivity index (χ0n) is 11.2. The van der Waals surface area contributed by atoms with Crippen molar-refractivity contribution in [3.63, 3.8) is 0 Å². The van der Waals surface area contributed by atoms with Crippen molar-refractivity contribution in [2.75, 3.05) is 19.7 Å². The lowest BCUT2D eigenvalue weighted by molar-refractivity contribution is -0.123. The molecule has 4 nitrogen and oxygen atoms in total. The molecule has 4 heteroatoms. The van der Waals surface area contributed by atoms with Gasteiger partial charge in [0.05, 0.1) is 12.1 Å². The van der Waals surface area contributed by atoms with Gasteiger partial charge in [0, 0.05) is 13.2 Å². The van der Waals surface area contributed by atoms with Gasteiger partial charge >= 0.3 is 0 Å². The van der Waals surface area contributed by atoms with Gasteiger partial charge in [-0.05, 0) is 38.6 Å². The fraction of sp³-hybridized carbons (Fsp3) is 0.929.